The number of amides is 3. The summed E-state index contributed by atoms with van der Waals surface area (Å²) >= 11 is 0. The summed E-state index contributed by atoms with van der Waals surface area (Å²) in [5.74, 6) is -0.398. The summed E-state index contributed by atoms with van der Waals surface area (Å²) in [5, 5.41) is 5.67. The largest absolute Gasteiger partial charge is 0.496 e. The number of para-hydroxylation sites is 3. The van der Waals surface area contributed by atoms with Crippen molar-refractivity contribution in [2.75, 3.05) is 29.2 Å². The van der Waals surface area contributed by atoms with Crippen LogP contribution in [0.5, 0.6) is 5.75 Å². The highest BCUT2D eigenvalue weighted by molar-refractivity contribution is 6.13. The maximum Gasteiger partial charge on any atom is 0.420 e. The average molecular weight is 570 g/mol. The molecule has 42 heavy (non-hydrogen) atoms. The summed E-state index contributed by atoms with van der Waals surface area (Å²) in [7, 11) is 1.41. The van der Waals surface area contributed by atoms with Gasteiger partial charge in [-0.15, -0.1) is 0 Å². The average Bonchev–Trinajstić information content (AvgIpc) is 3.19. The Morgan fingerprint density at radius 2 is 1.79 bits per heavy atom. The van der Waals surface area contributed by atoms with Crippen LogP contribution in [0, 0.1) is 6.92 Å². The summed E-state index contributed by atoms with van der Waals surface area (Å²) in [6.45, 7) is 7.22. The third-order valence-corrected chi connectivity index (χ3v) is 6.65. The zero-order valence-corrected chi connectivity index (χ0v) is 24.0. The first-order valence-corrected chi connectivity index (χ1v) is 13.4. The normalized spacial score (nSPS) is 13.2. The first kappa shape index (κ1) is 28.3. The molecule has 0 spiro atoms. The van der Waals surface area contributed by atoms with Gasteiger partial charge in [0.15, 0.2) is 0 Å². The number of imidazole rings is 1. The molecule has 0 radical (unpaired) electrons. The van der Waals surface area contributed by atoms with Gasteiger partial charge in [-0.2, -0.15) is 0 Å². The molecule has 216 valence electrons. The second-order valence-corrected chi connectivity index (χ2v) is 10.8. The van der Waals surface area contributed by atoms with Gasteiger partial charge in [0.25, 0.3) is 11.8 Å². The van der Waals surface area contributed by atoms with Crippen molar-refractivity contribution in [2.24, 2.45) is 0 Å². The number of carbonyl (C=O) groups is 4. The number of hydrogen-bond donors (Lipinski definition) is 2. The third kappa shape index (κ3) is 5.53. The summed E-state index contributed by atoms with van der Waals surface area (Å²) < 4.78 is 12.4. The minimum absolute atomic E-state index is 0.146. The van der Waals surface area contributed by atoms with Gasteiger partial charge in [-0.05, 0) is 70.2 Å². The summed E-state index contributed by atoms with van der Waals surface area (Å²) in [5.41, 5.74) is 2.23. The highest BCUT2D eigenvalue weighted by Gasteiger charge is 2.27. The molecule has 0 fully saturated rings. The molecule has 1 aliphatic rings. The number of aryl methyl sites for hydroxylation is 1. The van der Waals surface area contributed by atoms with E-state index in [9.17, 15) is 19.2 Å². The summed E-state index contributed by atoms with van der Waals surface area (Å²) in [6.07, 6.45) is -0.424. The number of anilines is 3. The van der Waals surface area contributed by atoms with E-state index in [0.29, 0.717) is 39.5 Å². The highest BCUT2D eigenvalue weighted by Crippen LogP contribution is 2.31. The maximum atomic E-state index is 13.6. The molecule has 5 rings (SSSR count). The molecule has 3 amide bonds. The second-order valence-electron chi connectivity index (χ2n) is 10.8. The zero-order chi connectivity index (χ0) is 30.2. The Kier molecular flexibility index (Phi) is 7.42. The predicted octanol–water partition coefficient (Wildman–Crippen LogP) is 5.38. The minimum atomic E-state index is -0.693. The van der Waals surface area contributed by atoms with E-state index in [4.69, 9.17) is 9.47 Å². The van der Waals surface area contributed by atoms with Crippen LogP contribution >= 0.6 is 0 Å². The minimum Gasteiger partial charge on any atom is -0.496 e. The number of carbonyl (C=O) groups excluding carboxylic acids is 4. The lowest BCUT2D eigenvalue weighted by Gasteiger charge is -2.22. The number of fused-ring (bicyclic) bond motifs is 2. The fraction of sp³-hybridized carbons (Fsp3) is 0.258. The van der Waals surface area contributed by atoms with Crippen molar-refractivity contribution in [1.82, 2.24) is 9.55 Å². The van der Waals surface area contributed by atoms with Gasteiger partial charge in [0.2, 0.25) is 5.91 Å². The van der Waals surface area contributed by atoms with Gasteiger partial charge >= 0.3 is 6.09 Å². The molecule has 0 aliphatic carbocycles. The lowest BCUT2D eigenvalue weighted by Crippen LogP contribution is -2.32. The quantitative estimate of drug-likeness (QED) is 0.337. The lowest BCUT2D eigenvalue weighted by molar-refractivity contribution is -0.115. The molecular weight excluding hydrogens is 538 g/mol. The molecule has 1 aromatic heterocycles. The van der Waals surface area contributed by atoms with Crippen LogP contribution in [0.4, 0.5) is 21.9 Å². The monoisotopic (exact) mass is 569 g/mol. The van der Waals surface area contributed by atoms with Crippen LogP contribution in [0.15, 0.2) is 60.7 Å². The van der Waals surface area contributed by atoms with Gasteiger partial charge in [0, 0.05) is 18.5 Å². The molecule has 2 heterocycles. The molecule has 0 saturated carbocycles. The standard InChI is InChI=1S/C31H31N5O6/c1-18-32-27-22(10-8-12-24(27)36(18)30(40)42-31(2,3)4)34-28(38)20-14-13-19(17-25(20)41-5)29(39)35-16-15-26(37)33-21-9-6-7-11-23(21)35/h6-14,17H,15-16H2,1-5H3,(H,33,37)(H,34,38). The fourth-order valence-corrected chi connectivity index (χ4v) is 4.78. The van der Waals surface area contributed by atoms with Crippen LogP contribution in [0.1, 0.15) is 53.7 Å². The second kappa shape index (κ2) is 11.0. The Morgan fingerprint density at radius 1 is 1.02 bits per heavy atom. The number of methoxy groups -OCH3 is 1. The molecule has 3 aromatic carbocycles. The van der Waals surface area contributed by atoms with Crippen LogP contribution < -0.4 is 20.3 Å². The number of hydrogen-bond acceptors (Lipinski definition) is 7. The molecule has 11 nitrogen and oxygen atoms in total. The summed E-state index contributed by atoms with van der Waals surface area (Å²) in [4.78, 5) is 58.0. The van der Waals surface area contributed by atoms with Gasteiger partial charge in [0.1, 0.15) is 22.7 Å². The van der Waals surface area contributed by atoms with Crippen LogP contribution in [0.2, 0.25) is 0 Å². The third-order valence-electron chi connectivity index (χ3n) is 6.65. The van der Waals surface area contributed by atoms with Gasteiger partial charge in [-0.25, -0.2) is 14.3 Å². The fourth-order valence-electron chi connectivity index (χ4n) is 4.78. The van der Waals surface area contributed by atoms with Crippen LogP contribution in [0.25, 0.3) is 11.0 Å². The molecule has 4 aromatic rings. The first-order chi connectivity index (χ1) is 20.0. The molecule has 1 aliphatic heterocycles. The Balaban J connectivity index is 1.42. The Hall–Kier alpha value is -5.19. The van der Waals surface area contributed by atoms with E-state index in [1.807, 2.05) is 0 Å². The molecular formula is C31H31N5O6. The van der Waals surface area contributed by atoms with E-state index in [-0.39, 0.29) is 36.1 Å². The number of ether oxygens (including phenoxy) is 2. The van der Waals surface area contributed by atoms with Crippen molar-refractivity contribution in [3.63, 3.8) is 0 Å². The molecule has 0 bridgehead atoms. The SMILES string of the molecule is COc1cc(C(=O)N2CCC(=O)Nc3ccccc32)ccc1C(=O)Nc1cccc2c1nc(C)n2C(=O)OC(C)(C)C. The van der Waals surface area contributed by atoms with Crippen molar-refractivity contribution >= 4 is 51.9 Å². The number of nitrogens with zero attached hydrogens (tertiary/aromatic N) is 3. The smallest absolute Gasteiger partial charge is 0.420 e. The van der Waals surface area contributed by atoms with Crippen molar-refractivity contribution in [2.45, 2.75) is 39.7 Å². The van der Waals surface area contributed by atoms with Crippen molar-refractivity contribution < 1.29 is 28.7 Å². The van der Waals surface area contributed by atoms with E-state index < -0.39 is 17.6 Å². The molecule has 11 heteroatoms. The van der Waals surface area contributed by atoms with Gasteiger partial charge in [0.05, 0.1) is 35.3 Å². The van der Waals surface area contributed by atoms with Crippen molar-refractivity contribution in [3.05, 3.63) is 77.6 Å². The molecule has 0 saturated heterocycles. The van der Waals surface area contributed by atoms with Gasteiger partial charge in [-0.3, -0.25) is 14.4 Å². The van der Waals surface area contributed by atoms with Crippen LogP contribution in [-0.4, -0.2) is 52.6 Å². The zero-order valence-electron chi connectivity index (χ0n) is 24.0. The van der Waals surface area contributed by atoms with Gasteiger partial charge in [-0.1, -0.05) is 18.2 Å². The number of nitrogens with one attached hydrogen (secondary N) is 2. The number of aromatic nitrogens is 2. The van der Waals surface area contributed by atoms with Crippen LogP contribution in [-0.2, 0) is 9.53 Å². The predicted molar refractivity (Wildman–Crippen MR) is 158 cm³/mol. The van der Waals surface area contributed by atoms with Crippen molar-refractivity contribution in [1.29, 1.82) is 0 Å². The first-order valence-electron chi connectivity index (χ1n) is 13.4. The van der Waals surface area contributed by atoms with Crippen LogP contribution in [0.3, 0.4) is 0 Å². The highest BCUT2D eigenvalue weighted by atomic mass is 16.6. The van der Waals surface area contributed by atoms with E-state index in [2.05, 4.69) is 15.6 Å². The van der Waals surface area contributed by atoms with E-state index in [1.54, 1.807) is 76.2 Å². The molecule has 2 N–H and O–H groups in total. The lowest BCUT2D eigenvalue weighted by atomic mass is 10.1. The maximum absolute atomic E-state index is 13.6. The Bertz CT molecular complexity index is 1740. The number of rotatable bonds is 4. The van der Waals surface area contributed by atoms with Crippen molar-refractivity contribution in [3.8, 4) is 5.75 Å². The Labute approximate surface area is 242 Å². The Morgan fingerprint density at radius 3 is 2.52 bits per heavy atom. The molecule has 0 unspecified atom stereocenters. The number of benzene rings is 3. The summed E-state index contributed by atoms with van der Waals surface area (Å²) in [6, 6.07) is 16.8. The topological polar surface area (TPSA) is 132 Å². The van der Waals surface area contributed by atoms with Gasteiger partial charge < -0.3 is 25.0 Å². The molecule has 0 atom stereocenters. The van der Waals surface area contributed by atoms with E-state index >= 15 is 0 Å². The van der Waals surface area contributed by atoms with E-state index in [1.165, 1.54) is 28.7 Å². The van der Waals surface area contributed by atoms with E-state index in [0.717, 1.165) is 0 Å².